The third-order valence-electron chi connectivity index (χ3n) is 3.40. The molecule has 0 saturated heterocycles. The van der Waals surface area contributed by atoms with Crippen LogP contribution in [0.2, 0.25) is 0 Å². The predicted octanol–water partition coefficient (Wildman–Crippen LogP) is 2.71. The molecule has 0 aliphatic heterocycles. The maximum atomic E-state index is 6.32. The van der Waals surface area contributed by atoms with Crippen LogP contribution in [0.25, 0.3) is 0 Å². The van der Waals surface area contributed by atoms with E-state index < -0.39 is 0 Å². The van der Waals surface area contributed by atoms with E-state index in [-0.39, 0.29) is 5.54 Å². The Morgan fingerprint density at radius 2 is 1.79 bits per heavy atom. The lowest BCUT2D eigenvalue weighted by molar-refractivity contribution is 0.0697. The minimum absolute atomic E-state index is 0.111. The summed E-state index contributed by atoms with van der Waals surface area (Å²) in [6, 6.07) is 0. The molecule has 84 valence electrons. The van der Waals surface area contributed by atoms with E-state index in [0.717, 1.165) is 6.61 Å². The fourth-order valence-corrected chi connectivity index (χ4v) is 2.38. The van der Waals surface area contributed by atoms with Gasteiger partial charge in [0.15, 0.2) is 0 Å². The first-order valence-electron chi connectivity index (χ1n) is 6.03. The topological polar surface area (TPSA) is 35.2 Å². The van der Waals surface area contributed by atoms with Gasteiger partial charge in [0.05, 0.1) is 6.61 Å². The number of hydrogen-bond donors (Lipinski definition) is 1. The molecule has 1 atom stereocenters. The molecule has 0 heterocycles. The maximum Gasteiger partial charge on any atom is 0.0646 e. The Morgan fingerprint density at radius 3 is 2.29 bits per heavy atom. The lowest BCUT2D eigenvalue weighted by atomic mass is 9.82. The summed E-state index contributed by atoms with van der Waals surface area (Å²) in [5.41, 5.74) is 6.21. The molecule has 1 unspecified atom stereocenters. The second-order valence-electron chi connectivity index (χ2n) is 4.83. The van der Waals surface area contributed by atoms with Crippen molar-refractivity contribution in [2.24, 2.45) is 11.7 Å². The maximum absolute atomic E-state index is 6.32. The summed E-state index contributed by atoms with van der Waals surface area (Å²) in [4.78, 5) is 0. The lowest BCUT2D eigenvalue weighted by Gasteiger charge is -2.33. The van der Waals surface area contributed by atoms with Gasteiger partial charge in [-0.1, -0.05) is 25.7 Å². The largest absolute Gasteiger partial charge is 0.380 e. The average molecular weight is 199 g/mol. The molecule has 1 aliphatic carbocycles. The summed E-state index contributed by atoms with van der Waals surface area (Å²) in [6.45, 7) is 5.68. The summed E-state index contributed by atoms with van der Waals surface area (Å²) < 4.78 is 5.47. The fraction of sp³-hybridized carbons (Fsp3) is 1.00. The zero-order chi connectivity index (χ0) is 10.4. The van der Waals surface area contributed by atoms with Crippen LogP contribution in [0.3, 0.4) is 0 Å². The van der Waals surface area contributed by atoms with Crippen LogP contribution >= 0.6 is 0 Å². The SMILES string of the molecule is CCOCC(C)(N)C1CCCCCC1. The molecule has 0 radical (unpaired) electrons. The number of rotatable bonds is 4. The van der Waals surface area contributed by atoms with Crippen molar-refractivity contribution in [3.8, 4) is 0 Å². The highest BCUT2D eigenvalue weighted by Crippen LogP contribution is 2.30. The molecule has 0 aromatic rings. The molecule has 2 nitrogen and oxygen atoms in total. The van der Waals surface area contributed by atoms with Gasteiger partial charge >= 0.3 is 0 Å². The summed E-state index contributed by atoms with van der Waals surface area (Å²) in [5.74, 6) is 0.663. The summed E-state index contributed by atoms with van der Waals surface area (Å²) in [7, 11) is 0. The Kier molecular flexibility index (Phi) is 4.90. The van der Waals surface area contributed by atoms with Crippen molar-refractivity contribution in [1.29, 1.82) is 0 Å². The highest BCUT2D eigenvalue weighted by molar-refractivity contribution is 4.87. The molecule has 1 aliphatic rings. The number of nitrogens with two attached hydrogens (primary N) is 1. The first kappa shape index (κ1) is 12.0. The molecule has 1 rings (SSSR count). The molecule has 0 aromatic heterocycles. The smallest absolute Gasteiger partial charge is 0.0646 e. The fourth-order valence-electron chi connectivity index (χ4n) is 2.38. The van der Waals surface area contributed by atoms with Crippen LogP contribution < -0.4 is 5.73 Å². The Labute approximate surface area is 88.2 Å². The highest BCUT2D eigenvalue weighted by Gasteiger charge is 2.30. The number of ether oxygens (including phenoxy) is 1. The van der Waals surface area contributed by atoms with Crippen LogP contribution in [0.5, 0.6) is 0 Å². The van der Waals surface area contributed by atoms with Crippen molar-refractivity contribution in [2.75, 3.05) is 13.2 Å². The minimum atomic E-state index is -0.111. The molecule has 1 fully saturated rings. The van der Waals surface area contributed by atoms with Crippen LogP contribution in [0.15, 0.2) is 0 Å². The molecular formula is C12H25NO. The van der Waals surface area contributed by atoms with Gasteiger partial charge in [-0.25, -0.2) is 0 Å². The molecular weight excluding hydrogens is 174 g/mol. The van der Waals surface area contributed by atoms with Crippen molar-refractivity contribution in [3.63, 3.8) is 0 Å². The van der Waals surface area contributed by atoms with Crippen molar-refractivity contribution >= 4 is 0 Å². The summed E-state index contributed by atoms with van der Waals surface area (Å²) in [5, 5.41) is 0. The van der Waals surface area contributed by atoms with Crippen LogP contribution in [0, 0.1) is 5.92 Å². The van der Waals surface area contributed by atoms with E-state index in [0.29, 0.717) is 12.5 Å². The molecule has 2 N–H and O–H groups in total. The minimum Gasteiger partial charge on any atom is -0.380 e. The Balaban J connectivity index is 2.41. The quantitative estimate of drug-likeness (QED) is 0.707. The lowest BCUT2D eigenvalue weighted by Crippen LogP contribution is -2.48. The van der Waals surface area contributed by atoms with Gasteiger partial charge in [-0.2, -0.15) is 0 Å². The first-order valence-corrected chi connectivity index (χ1v) is 6.03. The van der Waals surface area contributed by atoms with E-state index in [4.69, 9.17) is 10.5 Å². The standard InChI is InChI=1S/C12H25NO/c1-3-14-10-12(2,13)11-8-6-4-5-7-9-11/h11H,3-10,13H2,1-2H3. The zero-order valence-electron chi connectivity index (χ0n) is 9.72. The van der Waals surface area contributed by atoms with E-state index in [1.54, 1.807) is 0 Å². The third-order valence-corrected chi connectivity index (χ3v) is 3.40. The Morgan fingerprint density at radius 1 is 1.21 bits per heavy atom. The zero-order valence-corrected chi connectivity index (χ0v) is 9.72. The Hall–Kier alpha value is -0.0800. The van der Waals surface area contributed by atoms with Crippen LogP contribution in [-0.2, 0) is 4.74 Å². The third kappa shape index (κ3) is 3.58. The number of hydrogen-bond acceptors (Lipinski definition) is 2. The highest BCUT2D eigenvalue weighted by atomic mass is 16.5. The molecule has 14 heavy (non-hydrogen) atoms. The van der Waals surface area contributed by atoms with E-state index in [1.807, 2.05) is 6.92 Å². The van der Waals surface area contributed by atoms with Crippen molar-refractivity contribution in [3.05, 3.63) is 0 Å². The van der Waals surface area contributed by atoms with Gasteiger partial charge in [0.2, 0.25) is 0 Å². The monoisotopic (exact) mass is 199 g/mol. The second kappa shape index (κ2) is 5.72. The summed E-state index contributed by atoms with van der Waals surface area (Å²) >= 11 is 0. The summed E-state index contributed by atoms with van der Waals surface area (Å²) in [6.07, 6.45) is 8.07. The van der Waals surface area contributed by atoms with E-state index >= 15 is 0 Å². The van der Waals surface area contributed by atoms with Crippen molar-refractivity contribution in [2.45, 2.75) is 57.9 Å². The molecule has 1 saturated carbocycles. The van der Waals surface area contributed by atoms with Crippen molar-refractivity contribution < 1.29 is 4.74 Å². The molecule has 0 aromatic carbocycles. The van der Waals surface area contributed by atoms with Gasteiger partial charge in [-0.05, 0) is 32.6 Å². The molecule has 0 spiro atoms. The average Bonchev–Trinajstić information content (AvgIpc) is 2.43. The van der Waals surface area contributed by atoms with E-state index in [9.17, 15) is 0 Å². The molecule has 0 bridgehead atoms. The Bertz CT molecular complexity index is 148. The van der Waals surface area contributed by atoms with Crippen LogP contribution in [0.1, 0.15) is 52.4 Å². The normalized spacial score (nSPS) is 24.2. The van der Waals surface area contributed by atoms with Gasteiger partial charge in [0.1, 0.15) is 0 Å². The molecule has 0 amide bonds. The van der Waals surface area contributed by atoms with Gasteiger partial charge in [-0.3, -0.25) is 0 Å². The first-order chi connectivity index (χ1) is 6.67. The van der Waals surface area contributed by atoms with Gasteiger partial charge in [-0.15, -0.1) is 0 Å². The molecule has 2 heteroatoms. The predicted molar refractivity (Wildman–Crippen MR) is 60.3 cm³/mol. The van der Waals surface area contributed by atoms with Crippen LogP contribution in [-0.4, -0.2) is 18.8 Å². The van der Waals surface area contributed by atoms with Gasteiger partial charge in [0.25, 0.3) is 0 Å². The van der Waals surface area contributed by atoms with E-state index in [2.05, 4.69) is 6.92 Å². The van der Waals surface area contributed by atoms with Gasteiger partial charge in [0, 0.05) is 12.1 Å². The van der Waals surface area contributed by atoms with E-state index in [1.165, 1.54) is 38.5 Å². The second-order valence-corrected chi connectivity index (χ2v) is 4.83. The van der Waals surface area contributed by atoms with Crippen LogP contribution in [0.4, 0.5) is 0 Å². The van der Waals surface area contributed by atoms with Gasteiger partial charge < -0.3 is 10.5 Å². The van der Waals surface area contributed by atoms with Crippen molar-refractivity contribution in [1.82, 2.24) is 0 Å².